The first-order valence-corrected chi connectivity index (χ1v) is 7.38. The van der Waals surface area contributed by atoms with Crippen LogP contribution in [0.5, 0.6) is 0 Å². The largest absolute Gasteiger partial charge is 0.394 e. The summed E-state index contributed by atoms with van der Waals surface area (Å²) in [7, 11) is 0. The maximum Gasteiger partial charge on any atom is 0.194 e. The summed E-state index contributed by atoms with van der Waals surface area (Å²) in [4.78, 5) is 0.918. The summed E-state index contributed by atoms with van der Waals surface area (Å²) in [5.41, 5.74) is 0.142. The molecule has 1 heterocycles. The van der Waals surface area contributed by atoms with Gasteiger partial charge in [0.15, 0.2) is 17.5 Å². The number of aliphatic hydroxyl groups is 1. The van der Waals surface area contributed by atoms with Crippen LogP contribution in [-0.4, -0.2) is 11.7 Å². The molecule has 21 heavy (non-hydrogen) atoms. The molecular weight excluding hydrogens is 323 g/mol. The summed E-state index contributed by atoms with van der Waals surface area (Å²) >= 11 is 7.22. The number of nitrogens with one attached hydrogen (secondary N) is 1. The zero-order valence-corrected chi connectivity index (χ0v) is 12.6. The van der Waals surface area contributed by atoms with Crippen molar-refractivity contribution in [2.45, 2.75) is 19.0 Å². The van der Waals surface area contributed by atoms with E-state index in [9.17, 15) is 18.3 Å². The first kappa shape index (κ1) is 16.3. The molecule has 114 valence electrons. The van der Waals surface area contributed by atoms with Crippen molar-refractivity contribution in [1.29, 1.82) is 0 Å². The van der Waals surface area contributed by atoms with E-state index in [2.05, 4.69) is 5.32 Å². The topological polar surface area (TPSA) is 32.3 Å². The van der Waals surface area contributed by atoms with Gasteiger partial charge in [0.1, 0.15) is 0 Å². The van der Waals surface area contributed by atoms with Gasteiger partial charge >= 0.3 is 0 Å². The summed E-state index contributed by atoms with van der Waals surface area (Å²) in [6.07, 6.45) is 0. The van der Waals surface area contributed by atoms with Gasteiger partial charge < -0.3 is 10.4 Å². The molecule has 2 atom stereocenters. The van der Waals surface area contributed by atoms with E-state index in [1.165, 1.54) is 11.3 Å². The first-order valence-electron chi connectivity index (χ1n) is 6.19. The molecule has 2 nitrogen and oxygen atoms in total. The lowest BCUT2D eigenvalue weighted by Gasteiger charge is -2.21. The predicted molar refractivity (Wildman–Crippen MR) is 77.0 cm³/mol. The van der Waals surface area contributed by atoms with Crippen molar-refractivity contribution in [1.82, 2.24) is 5.32 Å². The van der Waals surface area contributed by atoms with Gasteiger partial charge in [0.25, 0.3) is 0 Å². The van der Waals surface area contributed by atoms with Crippen molar-refractivity contribution >= 4 is 22.9 Å². The highest BCUT2D eigenvalue weighted by atomic mass is 35.5. The highest BCUT2D eigenvalue weighted by Crippen LogP contribution is 2.29. The summed E-state index contributed by atoms with van der Waals surface area (Å²) in [5.74, 6) is -4.08. The molecule has 0 bridgehead atoms. The highest BCUT2D eigenvalue weighted by molar-refractivity contribution is 7.16. The molecule has 2 aromatic rings. The number of hydrogen-bond acceptors (Lipinski definition) is 3. The van der Waals surface area contributed by atoms with E-state index in [4.69, 9.17) is 11.6 Å². The first-order chi connectivity index (χ1) is 9.92. The minimum atomic E-state index is -1.52. The molecule has 0 aliphatic rings. The molecule has 0 amide bonds. The van der Waals surface area contributed by atoms with Gasteiger partial charge in [-0.2, -0.15) is 0 Å². The second-order valence-corrected chi connectivity index (χ2v) is 6.31. The number of hydrogen-bond donors (Lipinski definition) is 2. The van der Waals surface area contributed by atoms with Crippen molar-refractivity contribution in [3.8, 4) is 0 Å². The van der Waals surface area contributed by atoms with E-state index in [-0.39, 0.29) is 18.2 Å². The van der Waals surface area contributed by atoms with E-state index in [1.807, 2.05) is 13.0 Å². The number of rotatable bonds is 5. The van der Waals surface area contributed by atoms with Crippen LogP contribution in [0.25, 0.3) is 0 Å². The molecule has 0 aliphatic heterocycles. The third kappa shape index (κ3) is 3.77. The molecule has 1 aromatic carbocycles. The Balaban J connectivity index is 2.20. The standard InChI is InChI=1S/C14H13ClF3NOS/c1-7(12-2-3-13(15)21-12)19-11(6-20)8-4-9(16)14(18)10(17)5-8/h2-5,7,11,19-20H,6H2,1H3. The van der Waals surface area contributed by atoms with E-state index >= 15 is 0 Å². The Labute approximate surface area is 129 Å². The Morgan fingerprint density at radius 3 is 2.33 bits per heavy atom. The highest BCUT2D eigenvalue weighted by Gasteiger charge is 2.19. The molecule has 0 saturated carbocycles. The molecular formula is C14H13ClF3NOS. The fourth-order valence-electron chi connectivity index (χ4n) is 1.98. The Kier molecular flexibility index (Phi) is 5.27. The van der Waals surface area contributed by atoms with Crippen LogP contribution in [-0.2, 0) is 0 Å². The van der Waals surface area contributed by atoms with Crippen molar-refractivity contribution in [2.24, 2.45) is 0 Å². The lowest BCUT2D eigenvalue weighted by atomic mass is 10.1. The number of benzene rings is 1. The monoisotopic (exact) mass is 335 g/mol. The maximum atomic E-state index is 13.3. The molecule has 1 aromatic heterocycles. The third-order valence-electron chi connectivity index (χ3n) is 3.06. The molecule has 2 rings (SSSR count). The second kappa shape index (κ2) is 6.79. The van der Waals surface area contributed by atoms with Crippen LogP contribution < -0.4 is 5.32 Å². The Bertz CT molecular complexity index is 611. The number of thiophene rings is 1. The Morgan fingerprint density at radius 2 is 1.86 bits per heavy atom. The summed E-state index contributed by atoms with van der Waals surface area (Å²) in [6, 6.07) is 4.41. The van der Waals surface area contributed by atoms with Gasteiger partial charge in [-0.05, 0) is 36.8 Å². The van der Waals surface area contributed by atoms with E-state index in [0.717, 1.165) is 17.0 Å². The van der Waals surface area contributed by atoms with Gasteiger partial charge in [-0.25, -0.2) is 13.2 Å². The van der Waals surface area contributed by atoms with Crippen LogP contribution >= 0.6 is 22.9 Å². The normalized spacial score (nSPS) is 14.2. The van der Waals surface area contributed by atoms with E-state index < -0.39 is 23.5 Å². The number of halogens is 4. The predicted octanol–water partition coefficient (Wildman–Crippen LogP) is 4.20. The van der Waals surface area contributed by atoms with Crippen LogP contribution in [0.2, 0.25) is 4.34 Å². The Hall–Kier alpha value is -1.08. The van der Waals surface area contributed by atoms with E-state index in [1.54, 1.807) is 6.07 Å². The molecule has 0 aliphatic carbocycles. The van der Waals surface area contributed by atoms with Crippen molar-refractivity contribution in [3.05, 3.63) is 56.5 Å². The van der Waals surface area contributed by atoms with Crippen molar-refractivity contribution in [2.75, 3.05) is 6.61 Å². The van der Waals surface area contributed by atoms with Gasteiger partial charge in [-0.1, -0.05) is 11.6 Å². The lowest BCUT2D eigenvalue weighted by Crippen LogP contribution is -2.27. The average molecular weight is 336 g/mol. The van der Waals surface area contributed by atoms with Crippen LogP contribution in [0.15, 0.2) is 24.3 Å². The SMILES string of the molecule is CC(NC(CO)c1cc(F)c(F)c(F)c1)c1ccc(Cl)s1. The smallest absolute Gasteiger partial charge is 0.194 e. The summed E-state index contributed by atoms with van der Waals surface area (Å²) in [5, 5.41) is 12.4. The van der Waals surface area contributed by atoms with Crippen LogP contribution in [0.3, 0.4) is 0 Å². The lowest BCUT2D eigenvalue weighted by molar-refractivity contribution is 0.235. The minimum Gasteiger partial charge on any atom is -0.394 e. The molecule has 0 radical (unpaired) electrons. The van der Waals surface area contributed by atoms with Gasteiger partial charge in [-0.3, -0.25) is 0 Å². The molecule has 0 saturated heterocycles. The van der Waals surface area contributed by atoms with Gasteiger partial charge in [-0.15, -0.1) is 11.3 Å². The summed E-state index contributed by atoms with van der Waals surface area (Å²) in [6.45, 7) is 1.45. The average Bonchev–Trinajstić information content (AvgIpc) is 2.88. The molecule has 2 N–H and O–H groups in total. The maximum absolute atomic E-state index is 13.3. The second-order valence-electron chi connectivity index (χ2n) is 4.56. The van der Waals surface area contributed by atoms with E-state index in [0.29, 0.717) is 4.34 Å². The quantitative estimate of drug-likeness (QED) is 0.802. The molecule has 0 spiro atoms. The van der Waals surface area contributed by atoms with Crippen molar-refractivity contribution < 1.29 is 18.3 Å². The van der Waals surface area contributed by atoms with Crippen LogP contribution in [0, 0.1) is 17.5 Å². The van der Waals surface area contributed by atoms with Crippen molar-refractivity contribution in [3.63, 3.8) is 0 Å². The molecule has 0 fully saturated rings. The minimum absolute atomic E-state index is 0.142. The Morgan fingerprint density at radius 1 is 1.24 bits per heavy atom. The van der Waals surface area contributed by atoms with Crippen LogP contribution in [0.1, 0.15) is 29.4 Å². The zero-order chi connectivity index (χ0) is 15.6. The molecule has 2 unspecified atom stereocenters. The molecule has 7 heteroatoms. The van der Waals surface area contributed by atoms with Gasteiger partial charge in [0.05, 0.1) is 17.0 Å². The van der Waals surface area contributed by atoms with Gasteiger partial charge in [0.2, 0.25) is 0 Å². The summed E-state index contributed by atoms with van der Waals surface area (Å²) < 4.78 is 40.1. The fourth-order valence-corrected chi connectivity index (χ4v) is 3.05. The third-order valence-corrected chi connectivity index (χ3v) is 4.48. The fraction of sp³-hybridized carbons (Fsp3) is 0.286. The van der Waals surface area contributed by atoms with Gasteiger partial charge in [0, 0.05) is 10.9 Å². The number of aliphatic hydroxyl groups excluding tert-OH is 1. The van der Waals surface area contributed by atoms with Crippen LogP contribution in [0.4, 0.5) is 13.2 Å². The zero-order valence-electron chi connectivity index (χ0n) is 11.0.